The van der Waals surface area contributed by atoms with Gasteiger partial charge in [0.05, 0.1) is 16.4 Å². The molecule has 210 valence electrons. The number of rotatable bonds is 8. The first-order valence-corrected chi connectivity index (χ1v) is 14.7. The number of halogens is 2. The van der Waals surface area contributed by atoms with E-state index in [-0.39, 0.29) is 22.3 Å². The summed E-state index contributed by atoms with van der Waals surface area (Å²) >= 11 is 7.55. The van der Waals surface area contributed by atoms with E-state index in [4.69, 9.17) is 28.5 Å². The van der Waals surface area contributed by atoms with Gasteiger partial charge in [0.1, 0.15) is 5.65 Å². The van der Waals surface area contributed by atoms with Crippen LogP contribution in [-0.4, -0.2) is 37.5 Å². The molecule has 0 amide bonds. The minimum Gasteiger partial charge on any atom is -0.379 e. The number of benzene rings is 2. The van der Waals surface area contributed by atoms with E-state index in [2.05, 4.69) is 15.3 Å². The number of aromatic amines is 1. The molecule has 0 spiro atoms. The molecule has 1 aliphatic rings. The molecule has 0 bridgehead atoms. The van der Waals surface area contributed by atoms with Crippen molar-refractivity contribution < 1.29 is 4.39 Å². The summed E-state index contributed by atoms with van der Waals surface area (Å²) in [5, 5.41) is 12.0. The lowest BCUT2D eigenvalue weighted by molar-refractivity contribution is 0.320. The molecule has 5 rings (SSSR count). The average Bonchev–Trinajstić information content (AvgIpc) is 3.32. The third-order valence-corrected chi connectivity index (χ3v) is 8.25. The van der Waals surface area contributed by atoms with Crippen molar-refractivity contribution in [1.82, 2.24) is 19.9 Å². The smallest absolute Gasteiger partial charge is 0.354 e. The van der Waals surface area contributed by atoms with Crippen LogP contribution in [0.25, 0.3) is 28.0 Å². The van der Waals surface area contributed by atoms with Crippen LogP contribution in [0.15, 0.2) is 53.5 Å². The van der Waals surface area contributed by atoms with Crippen LogP contribution in [0.4, 0.5) is 4.39 Å². The number of fused-ring (bicyclic) bond motifs is 1. The van der Waals surface area contributed by atoms with Gasteiger partial charge >= 0.3 is 5.69 Å². The van der Waals surface area contributed by atoms with Gasteiger partial charge in [-0.15, -0.1) is 0 Å². The molecule has 0 unspecified atom stereocenters. The summed E-state index contributed by atoms with van der Waals surface area (Å²) in [7, 11) is 0. The number of nitrogens with zero attached hydrogens (tertiary/aromatic N) is 2. The van der Waals surface area contributed by atoms with E-state index in [0.29, 0.717) is 40.4 Å². The molecule has 0 aliphatic carbocycles. The van der Waals surface area contributed by atoms with E-state index < -0.39 is 11.5 Å². The fraction of sp³-hybridized carbons (Fsp3) is 0.345. The fourth-order valence-corrected chi connectivity index (χ4v) is 6.21. The maximum atomic E-state index is 15.0. The van der Waals surface area contributed by atoms with Crippen LogP contribution >= 0.6 is 23.4 Å². The zero-order chi connectivity index (χ0) is 28.4. The van der Waals surface area contributed by atoms with Gasteiger partial charge in [-0.05, 0) is 74.1 Å². The van der Waals surface area contributed by atoms with Crippen molar-refractivity contribution in [2.45, 2.75) is 57.2 Å². The Balaban J connectivity index is 1.37. The third kappa shape index (κ3) is 6.41. The Kier molecular flexibility index (Phi) is 8.60. The van der Waals surface area contributed by atoms with Crippen molar-refractivity contribution in [2.75, 3.05) is 5.75 Å². The molecule has 1 saturated heterocycles. The molecule has 0 radical (unpaired) electrons. The van der Waals surface area contributed by atoms with Gasteiger partial charge in [-0.25, -0.2) is 9.18 Å². The van der Waals surface area contributed by atoms with Crippen LogP contribution in [0.1, 0.15) is 49.8 Å². The van der Waals surface area contributed by atoms with Gasteiger partial charge in [-0.2, -0.15) is 4.98 Å². The van der Waals surface area contributed by atoms with E-state index in [0.717, 1.165) is 42.6 Å². The third-order valence-electron chi connectivity index (χ3n) is 7.22. The average molecular weight is 582 g/mol. The maximum absolute atomic E-state index is 15.0. The van der Waals surface area contributed by atoms with Gasteiger partial charge in [0.15, 0.2) is 11.0 Å². The van der Waals surface area contributed by atoms with Gasteiger partial charge in [0.25, 0.3) is 0 Å². The van der Waals surface area contributed by atoms with Crippen LogP contribution in [-0.2, 0) is 6.42 Å². The lowest BCUT2D eigenvalue weighted by atomic mass is 9.92. The number of nitrogens with two attached hydrogens (primary N) is 2. The highest BCUT2D eigenvalue weighted by atomic mass is 35.5. The highest BCUT2D eigenvalue weighted by molar-refractivity contribution is 8.13. The molecule has 7 N–H and O–H groups in total. The second-order valence-corrected chi connectivity index (χ2v) is 12.0. The molecule has 40 heavy (non-hydrogen) atoms. The molecule has 2 aromatic carbocycles. The fourth-order valence-electron chi connectivity index (χ4n) is 5.34. The van der Waals surface area contributed by atoms with Crippen molar-refractivity contribution in [2.24, 2.45) is 11.5 Å². The number of hydrogen-bond donors (Lipinski definition) is 5. The summed E-state index contributed by atoms with van der Waals surface area (Å²) < 4.78 is 16.5. The van der Waals surface area contributed by atoms with E-state index in [9.17, 15) is 9.18 Å². The molecule has 3 atom stereocenters. The number of nitrogens with one attached hydrogen (secondary N) is 3. The molecule has 1 fully saturated rings. The molecular formula is C29H33ClFN7OS. The van der Waals surface area contributed by atoms with Crippen molar-refractivity contribution in [3.8, 4) is 16.9 Å². The van der Waals surface area contributed by atoms with Crippen molar-refractivity contribution in [1.29, 1.82) is 5.41 Å². The maximum Gasteiger partial charge on any atom is 0.354 e. The zero-order valence-electron chi connectivity index (χ0n) is 22.2. The van der Waals surface area contributed by atoms with Gasteiger partial charge in [-0.1, -0.05) is 41.9 Å². The van der Waals surface area contributed by atoms with Crippen LogP contribution in [0.5, 0.6) is 0 Å². The van der Waals surface area contributed by atoms with E-state index in [1.54, 1.807) is 24.4 Å². The molecule has 4 aromatic rings. The normalized spacial score (nSPS) is 18.2. The van der Waals surface area contributed by atoms with Crippen LogP contribution in [0.3, 0.4) is 0 Å². The van der Waals surface area contributed by atoms with Gasteiger partial charge in [-0.3, -0.25) is 9.98 Å². The highest BCUT2D eigenvalue weighted by Crippen LogP contribution is 2.32. The second kappa shape index (κ2) is 12.1. The van der Waals surface area contributed by atoms with Gasteiger partial charge < -0.3 is 21.8 Å². The molecule has 2 aromatic heterocycles. The predicted octanol–water partition coefficient (Wildman–Crippen LogP) is 5.26. The molecule has 11 heteroatoms. The van der Waals surface area contributed by atoms with Crippen molar-refractivity contribution >= 4 is 39.6 Å². The molecule has 0 saturated carbocycles. The molecule has 1 aliphatic heterocycles. The first-order valence-electron chi connectivity index (χ1n) is 13.4. The van der Waals surface area contributed by atoms with Crippen molar-refractivity contribution in [3.63, 3.8) is 0 Å². The Bertz CT molecular complexity index is 1580. The Morgan fingerprint density at radius 3 is 2.77 bits per heavy atom. The standard InChI is InChI=1S/C29H33ClFN7OS/c1-16(32)11-17-12-22(26(31)23(30)13-17)25-14-19-15-38(29(39)37-27(19)36-25)21-7-5-18(6-8-21)24-4-2-3-20(35-24)9-10-40-28(33)34/h5-8,12-16,20,24,35H,2-4,9-11,32H2,1H3,(H3,33,34)(H,36,37,39)/t16-,20+,24+/m1/s1. The van der Waals surface area contributed by atoms with E-state index >= 15 is 0 Å². The monoisotopic (exact) mass is 581 g/mol. The largest absolute Gasteiger partial charge is 0.379 e. The SMILES string of the molecule is C[C@@H](N)Cc1cc(Cl)c(F)c(-c2cc3cn(-c4ccc([C@@H]5CCC[C@@H](CCSC(=N)N)N5)cc4)c(=O)nc3[nH]2)c1. The number of thioether (sulfide) groups is 1. The summed E-state index contributed by atoms with van der Waals surface area (Å²) in [6, 6.07) is 13.5. The zero-order valence-corrected chi connectivity index (χ0v) is 23.8. The predicted molar refractivity (Wildman–Crippen MR) is 162 cm³/mol. The minimum atomic E-state index is -0.538. The minimum absolute atomic E-state index is 0.0214. The number of hydrogen-bond acceptors (Lipinski definition) is 6. The number of H-pyrrole nitrogens is 1. The van der Waals surface area contributed by atoms with Crippen molar-refractivity contribution in [3.05, 3.63) is 81.1 Å². The summed E-state index contributed by atoms with van der Waals surface area (Å²) in [5.74, 6) is 0.291. The lowest BCUT2D eigenvalue weighted by Crippen LogP contribution is -2.37. The Labute approximate surface area is 241 Å². The quantitative estimate of drug-likeness (QED) is 0.142. The van der Waals surface area contributed by atoms with E-state index in [1.807, 2.05) is 31.2 Å². The number of aromatic nitrogens is 3. The Morgan fingerprint density at radius 2 is 2.05 bits per heavy atom. The Morgan fingerprint density at radius 1 is 1.27 bits per heavy atom. The highest BCUT2D eigenvalue weighted by Gasteiger charge is 2.22. The Hall–Kier alpha value is -3.18. The van der Waals surface area contributed by atoms with E-state index in [1.165, 1.54) is 16.3 Å². The lowest BCUT2D eigenvalue weighted by Gasteiger charge is -2.31. The molecular weight excluding hydrogens is 549 g/mol. The first-order chi connectivity index (χ1) is 19.2. The summed E-state index contributed by atoms with van der Waals surface area (Å²) in [6.45, 7) is 1.88. The summed E-state index contributed by atoms with van der Waals surface area (Å²) in [4.78, 5) is 20.2. The first kappa shape index (κ1) is 28.4. The second-order valence-electron chi connectivity index (χ2n) is 10.4. The molecule has 8 nitrogen and oxygen atoms in total. The van der Waals surface area contributed by atoms with Crippen LogP contribution in [0.2, 0.25) is 5.02 Å². The van der Waals surface area contributed by atoms with Gasteiger partial charge in [0, 0.05) is 41.0 Å². The number of amidine groups is 1. The number of piperidine rings is 1. The van der Waals surface area contributed by atoms with Crippen LogP contribution in [0, 0.1) is 11.2 Å². The van der Waals surface area contributed by atoms with Crippen LogP contribution < -0.4 is 22.5 Å². The summed E-state index contributed by atoms with van der Waals surface area (Å²) in [6.07, 6.45) is 6.52. The van der Waals surface area contributed by atoms with Gasteiger partial charge in [0.2, 0.25) is 0 Å². The molecule has 3 heterocycles. The topological polar surface area (TPSA) is 139 Å². The summed E-state index contributed by atoms with van der Waals surface area (Å²) in [5.41, 5.74) is 14.8.